The normalized spacial score (nSPS) is 18.4. The molecule has 1 saturated heterocycles. The second-order valence-electron chi connectivity index (χ2n) is 5.68. The smallest absolute Gasteiger partial charge is 0.244 e. The van der Waals surface area contributed by atoms with E-state index in [0.717, 1.165) is 12.8 Å². The molecule has 25 heavy (non-hydrogen) atoms. The molecule has 0 aromatic heterocycles. The molecule has 1 heterocycles. The van der Waals surface area contributed by atoms with Crippen molar-refractivity contribution in [1.82, 2.24) is 9.62 Å². The molecule has 1 amide bonds. The van der Waals surface area contributed by atoms with Gasteiger partial charge in [0.1, 0.15) is 4.90 Å². The highest BCUT2D eigenvalue weighted by Crippen LogP contribution is 2.31. The van der Waals surface area contributed by atoms with Crippen molar-refractivity contribution in [1.29, 1.82) is 0 Å². The van der Waals surface area contributed by atoms with Crippen LogP contribution >= 0.6 is 35.6 Å². The lowest BCUT2D eigenvalue weighted by molar-refractivity contribution is -0.121. The highest BCUT2D eigenvalue weighted by Gasteiger charge is 2.34. The molecule has 1 aromatic rings. The van der Waals surface area contributed by atoms with E-state index in [0.29, 0.717) is 18.0 Å². The molecule has 1 aliphatic rings. The third-order valence-corrected chi connectivity index (χ3v) is 6.63. The first kappa shape index (κ1) is 22.5. The van der Waals surface area contributed by atoms with Gasteiger partial charge < -0.3 is 11.1 Å². The minimum atomic E-state index is -3.75. The van der Waals surface area contributed by atoms with E-state index in [9.17, 15) is 13.2 Å². The van der Waals surface area contributed by atoms with Gasteiger partial charge in [0, 0.05) is 37.1 Å². The van der Waals surface area contributed by atoms with Crippen molar-refractivity contribution in [2.24, 2.45) is 5.73 Å². The minimum absolute atomic E-state index is 0. The van der Waals surface area contributed by atoms with Crippen molar-refractivity contribution in [3.63, 3.8) is 0 Å². The molecule has 10 heteroatoms. The lowest BCUT2D eigenvalue weighted by Crippen LogP contribution is -2.49. The highest BCUT2D eigenvalue weighted by atomic mass is 35.5. The Morgan fingerprint density at radius 3 is 2.68 bits per heavy atom. The van der Waals surface area contributed by atoms with Crippen LogP contribution in [0.15, 0.2) is 23.1 Å². The lowest BCUT2D eigenvalue weighted by Gasteiger charge is -2.35. The van der Waals surface area contributed by atoms with Crippen LogP contribution in [0.4, 0.5) is 0 Å². The predicted octanol–water partition coefficient (Wildman–Crippen LogP) is 2.42. The van der Waals surface area contributed by atoms with Gasteiger partial charge >= 0.3 is 0 Å². The van der Waals surface area contributed by atoms with E-state index in [1.807, 2.05) is 0 Å². The van der Waals surface area contributed by atoms with Gasteiger partial charge in [-0.15, -0.1) is 12.4 Å². The number of piperidine rings is 1. The van der Waals surface area contributed by atoms with Gasteiger partial charge in [-0.2, -0.15) is 4.31 Å². The van der Waals surface area contributed by atoms with Crippen molar-refractivity contribution in [3.05, 3.63) is 28.2 Å². The quantitative estimate of drug-likeness (QED) is 0.725. The van der Waals surface area contributed by atoms with Gasteiger partial charge in [-0.1, -0.05) is 29.6 Å². The van der Waals surface area contributed by atoms with Gasteiger partial charge in [0.05, 0.1) is 5.02 Å². The molecule has 0 spiro atoms. The summed E-state index contributed by atoms with van der Waals surface area (Å²) in [5, 5.41) is 3.23. The first-order valence-corrected chi connectivity index (χ1v) is 9.99. The summed E-state index contributed by atoms with van der Waals surface area (Å²) in [7, 11) is -3.75. The zero-order valence-corrected chi connectivity index (χ0v) is 16.7. The number of sulfonamides is 1. The van der Waals surface area contributed by atoms with Gasteiger partial charge in [0.15, 0.2) is 0 Å². The van der Waals surface area contributed by atoms with E-state index in [1.54, 1.807) is 0 Å². The van der Waals surface area contributed by atoms with Crippen molar-refractivity contribution in [2.45, 2.75) is 36.6 Å². The number of rotatable bonds is 6. The molecule has 1 unspecified atom stereocenters. The number of nitrogens with zero attached hydrogens (tertiary/aromatic N) is 1. The zero-order valence-electron chi connectivity index (χ0n) is 13.6. The second-order valence-corrected chi connectivity index (χ2v) is 8.39. The van der Waals surface area contributed by atoms with Crippen LogP contribution < -0.4 is 11.1 Å². The maximum atomic E-state index is 13.0. The third-order valence-electron chi connectivity index (χ3n) is 3.96. The van der Waals surface area contributed by atoms with E-state index in [-0.39, 0.29) is 53.8 Å². The Balaban J connectivity index is 0.00000312. The van der Waals surface area contributed by atoms with Crippen LogP contribution in [0.1, 0.15) is 25.7 Å². The van der Waals surface area contributed by atoms with E-state index in [2.05, 4.69) is 5.32 Å². The van der Waals surface area contributed by atoms with Crippen LogP contribution in [0, 0.1) is 0 Å². The van der Waals surface area contributed by atoms with Crippen LogP contribution in [-0.4, -0.2) is 44.3 Å². The van der Waals surface area contributed by atoms with Gasteiger partial charge in [-0.25, -0.2) is 8.42 Å². The topological polar surface area (TPSA) is 92.5 Å². The van der Waals surface area contributed by atoms with Gasteiger partial charge in [0.2, 0.25) is 15.9 Å². The number of hydrogen-bond acceptors (Lipinski definition) is 4. The first-order chi connectivity index (χ1) is 11.4. The number of nitrogens with one attached hydrogen (secondary N) is 1. The molecule has 3 N–H and O–H groups in total. The Kier molecular flexibility index (Phi) is 8.94. The first-order valence-electron chi connectivity index (χ1n) is 7.80. The maximum Gasteiger partial charge on any atom is 0.244 e. The SMILES string of the molecule is Cl.NCCC(=O)NCC1CCCCN1S(=O)(=O)c1ccc(Cl)cc1Cl. The van der Waals surface area contributed by atoms with Crippen molar-refractivity contribution >= 4 is 51.5 Å². The predicted molar refractivity (Wildman–Crippen MR) is 102 cm³/mol. The molecule has 1 atom stereocenters. The second kappa shape index (κ2) is 9.94. The Labute approximate surface area is 164 Å². The van der Waals surface area contributed by atoms with Gasteiger partial charge in [0.25, 0.3) is 0 Å². The van der Waals surface area contributed by atoms with Gasteiger partial charge in [-0.05, 0) is 31.0 Å². The number of hydrogen-bond donors (Lipinski definition) is 2. The van der Waals surface area contributed by atoms with Crippen LogP contribution in [0.3, 0.4) is 0 Å². The zero-order chi connectivity index (χ0) is 17.7. The van der Waals surface area contributed by atoms with Gasteiger partial charge in [-0.3, -0.25) is 4.79 Å². The Bertz CT molecular complexity index is 701. The fourth-order valence-corrected chi connectivity index (χ4v) is 5.20. The van der Waals surface area contributed by atoms with E-state index < -0.39 is 10.0 Å². The summed E-state index contributed by atoms with van der Waals surface area (Å²) in [6.07, 6.45) is 2.60. The number of benzene rings is 1. The van der Waals surface area contributed by atoms with Crippen molar-refractivity contribution < 1.29 is 13.2 Å². The van der Waals surface area contributed by atoms with Crippen LogP contribution in [0.2, 0.25) is 10.0 Å². The summed E-state index contributed by atoms with van der Waals surface area (Å²) in [4.78, 5) is 11.6. The average Bonchev–Trinajstić information content (AvgIpc) is 2.53. The molecule has 1 fully saturated rings. The standard InChI is InChI=1S/C15H21Cl2N3O3S.ClH/c16-11-4-5-14(13(17)9-11)24(22,23)20-8-2-1-3-12(20)10-19-15(21)6-7-18;/h4-5,9,12H,1-3,6-8,10,18H2,(H,19,21);1H. The van der Waals surface area contributed by atoms with E-state index in [4.69, 9.17) is 28.9 Å². The maximum absolute atomic E-state index is 13.0. The molecule has 2 rings (SSSR count). The van der Waals surface area contributed by atoms with E-state index >= 15 is 0 Å². The Morgan fingerprint density at radius 2 is 2.04 bits per heavy atom. The highest BCUT2D eigenvalue weighted by molar-refractivity contribution is 7.89. The molecule has 1 aromatic carbocycles. The molecule has 0 aliphatic carbocycles. The van der Waals surface area contributed by atoms with Crippen LogP contribution in [0.5, 0.6) is 0 Å². The number of carbonyl (C=O) groups excluding carboxylic acids is 1. The average molecular weight is 431 g/mol. The van der Waals surface area contributed by atoms with E-state index in [1.165, 1.54) is 22.5 Å². The number of halogens is 3. The largest absolute Gasteiger partial charge is 0.354 e. The fourth-order valence-electron chi connectivity index (χ4n) is 2.76. The summed E-state index contributed by atoms with van der Waals surface area (Å²) >= 11 is 11.9. The van der Waals surface area contributed by atoms with Crippen molar-refractivity contribution in [3.8, 4) is 0 Å². The molecule has 0 saturated carbocycles. The summed E-state index contributed by atoms with van der Waals surface area (Å²) in [6.45, 7) is 0.931. The van der Waals surface area contributed by atoms with Crippen LogP contribution in [-0.2, 0) is 14.8 Å². The summed E-state index contributed by atoms with van der Waals surface area (Å²) in [5.41, 5.74) is 5.35. The molecule has 0 radical (unpaired) electrons. The fraction of sp³-hybridized carbons (Fsp3) is 0.533. The molecule has 1 aliphatic heterocycles. The number of nitrogens with two attached hydrogens (primary N) is 1. The lowest BCUT2D eigenvalue weighted by atomic mass is 10.1. The summed E-state index contributed by atoms with van der Waals surface area (Å²) < 4.78 is 27.4. The summed E-state index contributed by atoms with van der Waals surface area (Å²) in [6, 6.07) is 4.04. The number of carbonyl (C=O) groups is 1. The summed E-state index contributed by atoms with van der Waals surface area (Å²) in [5.74, 6) is -0.176. The third kappa shape index (κ3) is 5.70. The Morgan fingerprint density at radius 1 is 1.32 bits per heavy atom. The molecule has 0 bridgehead atoms. The molecule has 6 nitrogen and oxygen atoms in total. The molecular formula is C15H22Cl3N3O3S. The van der Waals surface area contributed by atoms with Crippen LogP contribution in [0.25, 0.3) is 0 Å². The monoisotopic (exact) mass is 429 g/mol. The number of amides is 1. The Hall–Kier alpha value is -0.570. The molecular weight excluding hydrogens is 409 g/mol. The molecule has 142 valence electrons. The minimum Gasteiger partial charge on any atom is -0.354 e. The van der Waals surface area contributed by atoms with Crippen molar-refractivity contribution in [2.75, 3.05) is 19.6 Å².